The Morgan fingerprint density at radius 3 is 2.18 bits per heavy atom. The van der Waals surface area contributed by atoms with E-state index < -0.39 is 17.8 Å². The highest BCUT2D eigenvalue weighted by Gasteiger charge is 2.24. The topological polar surface area (TPSA) is 149 Å². The van der Waals surface area contributed by atoms with Crippen molar-refractivity contribution >= 4 is 29.2 Å². The smallest absolute Gasteiger partial charge is 0.357 e. The Labute approximate surface area is 158 Å². The van der Waals surface area contributed by atoms with Gasteiger partial charge in [-0.15, -0.1) is 0 Å². The number of aromatic carboxylic acids is 1. The normalized spacial score (nSPS) is 10.7. The third-order valence-corrected chi connectivity index (χ3v) is 4.16. The van der Waals surface area contributed by atoms with Gasteiger partial charge in [-0.2, -0.15) is 15.3 Å². The average molecular weight is 386 g/mol. The number of hydrogen-bond donors (Lipinski definition) is 3. The van der Waals surface area contributed by atoms with Gasteiger partial charge in [-0.1, -0.05) is 0 Å². The first-order valence-corrected chi connectivity index (χ1v) is 8.09. The minimum Gasteiger partial charge on any atom is -0.476 e. The molecule has 3 aromatic rings. The summed E-state index contributed by atoms with van der Waals surface area (Å²) in [5.74, 6) is -2.55. The number of carbonyl (C=O) groups excluding carboxylic acids is 2. The zero-order chi connectivity index (χ0) is 20.6. The van der Waals surface area contributed by atoms with Gasteiger partial charge in [0.05, 0.1) is 35.0 Å². The van der Waals surface area contributed by atoms with Crippen LogP contribution in [0.5, 0.6) is 0 Å². The van der Waals surface area contributed by atoms with Gasteiger partial charge >= 0.3 is 5.97 Å². The number of amides is 2. The number of nitrogens with zero attached hydrogens (tertiary/aromatic N) is 6. The highest BCUT2D eigenvalue weighted by atomic mass is 16.4. The van der Waals surface area contributed by atoms with Gasteiger partial charge in [-0.25, -0.2) is 4.79 Å². The summed E-state index contributed by atoms with van der Waals surface area (Å²) in [5.41, 5.74) is 0.979. The van der Waals surface area contributed by atoms with Gasteiger partial charge in [-0.3, -0.25) is 23.6 Å². The SMILES string of the molecule is Cc1c(NC(=O)c2c(NC(=O)c3cn(C)nc3C(=O)O)cnn2C)cnn1C. The van der Waals surface area contributed by atoms with E-state index in [9.17, 15) is 19.5 Å². The maximum Gasteiger partial charge on any atom is 0.357 e. The van der Waals surface area contributed by atoms with E-state index in [1.165, 1.54) is 35.0 Å². The number of nitrogens with one attached hydrogen (secondary N) is 2. The highest BCUT2D eigenvalue weighted by Crippen LogP contribution is 2.20. The van der Waals surface area contributed by atoms with E-state index in [0.717, 1.165) is 5.69 Å². The average Bonchev–Trinajstić information content (AvgIpc) is 3.28. The molecule has 0 saturated carbocycles. The largest absolute Gasteiger partial charge is 0.476 e. The lowest BCUT2D eigenvalue weighted by atomic mass is 10.2. The van der Waals surface area contributed by atoms with Crippen LogP contribution >= 0.6 is 0 Å². The Hall–Kier alpha value is -3.96. The molecule has 0 spiro atoms. The lowest BCUT2D eigenvalue weighted by molar-refractivity contribution is 0.0685. The fourth-order valence-corrected chi connectivity index (χ4v) is 2.60. The first-order valence-electron chi connectivity index (χ1n) is 8.09. The van der Waals surface area contributed by atoms with E-state index in [2.05, 4.69) is 25.9 Å². The van der Waals surface area contributed by atoms with Gasteiger partial charge in [0, 0.05) is 27.3 Å². The monoisotopic (exact) mass is 386 g/mol. The van der Waals surface area contributed by atoms with Crippen LogP contribution in [0.2, 0.25) is 0 Å². The maximum atomic E-state index is 12.7. The molecule has 146 valence electrons. The summed E-state index contributed by atoms with van der Waals surface area (Å²) in [7, 11) is 4.80. The number of rotatable bonds is 5. The second-order valence-electron chi connectivity index (χ2n) is 6.08. The minimum absolute atomic E-state index is 0.0948. The molecule has 0 fully saturated rings. The van der Waals surface area contributed by atoms with Crippen LogP contribution in [0.1, 0.15) is 37.0 Å². The summed E-state index contributed by atoms with van der Waals surface area (Å²) in [6, 6.07) is 0. The molecular weight excluding hydrogens is 368 g/mol. The molecular formula is C16H18N8O4. The number of carboxylic acid groups (broad SMARTS) is 1. The predicted octanol–water partition coefficient (Wildman–Crippen LogP) is 0.398. The van der Waals surface area contributed by atoms with Crippen LogP contribution in [0.25, 0.3) is 0 Å². The summed E-state index contributed by atoms with van der Waals surface area (Å²) in [4.78, 5) is 36.5. The molecule has 12 nitrogen and oxygen atoms in total. The number of carboxylic acids is 1. The lowest BCUT2D eigenvalue weighted by Gasteiger charge is -2.08. The molecule has 0 atom stereocenters. The maximum absolute atomic E-state index is 12.7. The Morgan fingerprint density at radius 2 is 1.57 bits per heavy atom. The predicted molar refractivity (Wildman–Crippen MR) is 97.2 cm³/mol. The van der Waals surface area contributed by atoms with E-state index >= 15 is 0 Å². The number of anilines is 2. The van der Waals surface area contributed by atoms with Crippen molar-refractivity contribution in [1.29, 1.82) is 0 Å². The number of hydrogen-bond acceptors (Lipinski definition) is 6. The first-order chi connectivity index (χ1) is 13.2. The molecule has 3 heterocycles. The van der Waals surface area contributed by atoms with Crippen molar-refractivity contribution in [2.24, 2.45) is 21.1 Å². The molecule has 0 aliphatic carbocycles. The summed E-state index contributed by atoms with van der Waals surface area (Å²) in [6.07, 6.45) is 4.10. The van der Waals surface area contributed by atoms with Gasteiger partial charge in [-0.05, 0) is 6.92 Å². The van der Waals surface area contributed by atoms with Crippen molar-refractivity contribution in [3.05, 3.63) is 41.2 Å². The van der Waals surface area contributed by atoms with Crippen LogP contribution in [-0.2, 0) is 21.1 Å². The molecule has 0 saturated heterocycles. The fraction of sp³-hybridized carbons (Fsp3) is 0.250. The highest BCUT2D eigenvalue weighted by molar-refractivity contribution is 6.13. The van der Waals surface area contributed by atoms with Crippen molar-refractivity contribution in [2.45, 2.75) is 6.92 Å². The first kappa shape index (κ1) is 18.8. The quantitative estimate of drug-likeness (QED) is 0.574. The molecule has 0 aromatic carbocycles. The zero-order valence-electron chi connectivity index (χ0n) is 15.6. The number of aryl methyl sites for hydroxylation is 3. The number of aromatic nitrogens is 6. The minimum atomic E-state index is -1.33. The second-order valence-corrected chi connectivity index (χ2v) is 6.08. The fourth-order valence-electron chi connectivity index (χ4n) is 2.60. The molecule has 3 aromatic heterocycles. The van der Waals surface area contributed by atoms with Crippen molar-refractivity contribution in [2.75, 3.05) is 10.6 Å². The Balaban J connectivity index is 1.87. The molecule has 28 heavy (non-hydrogen) atoms. The van der Waals surface area contributed by atoms with E-state index in [4.69, 9.17) is 0 Å². The van der Waals surface area contributed by atoms with Crippen molar-refractivity contribution in [3.8, 4) is 0 Å². The molecule has 3 rings (SSSR count). The van der Waals surface area contributed by atoms with Crippen molar-refractivity contribution < 1.29 is 19.5 Å². The van der Waals surface area contributed by atoms with Gasteiger partial charge in [0.25, 0.3) is 11.8 Å². The third-order valence-electron chi connectivity index (χ3n) is 4.16. The van der Waals surface area contributed by atoms with E-state index in [0.29, 0.717) is 5.69 Å². The van der Waals surface area contributed by atoms with E-state index in [-0.39, 0.29) is 22.6 Å². The van der Waals surface area contributed by atoms with Gasteiger partial charge in [0.15, 0.2) is 5.69 Å². The molecule has 0 radical (unpaired) electrons. The van der Waals surface area contributed by atoms with Crippen LogP contribution in [0, 0.1) is 6.92 Å². The Kier molecular flexibility index (Phi) is 4.69. The summed E-state index contributed by atoms with van der Waals surface area (Å²) in [6.45, 7) is 1.80. The van der Waals surface area contributed by atoms with Gasteiger partial charge in [0.1, 0.15) is 5.69 Å². The standard InChI is InChI=1S/C16H18N8O4/c1-8-10(5-17-23(8)3)19-15(26)13-11(6-18-24(13)4)20-14(25)9-7-22(2)21-12(9)16(27)28/h5-7H,1-4H3,(H,19,26)(H,20,25)(H,27,28). The van der Waals surface area contributed by atoms with Crippen LogP contribution in [-0.4, -0.2) is 52.2 Å². The molecule has 3 N–H and O–H groups in total. The zero-order valence-corrected chi connectivity index (χ0v) is 15.6. The summed E-state index contributed by atoms with van der Waals surface area (Å²) < 4.78 is 4.13. The van der Waals surface area contributed by atoms with Crippen molar-refractivity contribution in [3.63, 3.8) is 0 Å². The third kappa shape index (κ3) is 3.34. The Bertz CT molecular complexity index is 1090. The summed E-state index contributed by atoms with van der Waals surface area (Å²) in [5, 5.41) is 26.2. The molecule has 0 aliphatic rings. The Morgan fingerprint density at radius 1 is 0.964 bits per heavy atom. The van der Waals surface area contributed by atoms with Crippen LogP contribution in [0.3, 0.4) is 0 Å². The molecule has 2 amide bonds. The summed E-state index contributed by atoms with van der Waals surface area (Å²) >= 11 is 0. The molecule has 12 heteroatoms. The lowest BCUT2D eigenvalue weighted by Crippen LogP contribution is -2.21. The molecule has 0 aliphatic heterocycles. The van der Waals surface area contributed by atoms with Crippen molar-refractivity contribution in [1.82, 2.24) is 29.3 Å². The van der Waals surface area contributed by atoms with Crippen LogP contribution in [0.15, 0.2) is 18.6 Å². The van der Waals surface area contributed by atoms with Gasteiger partial charge in [0.2, 0.25) is 0 Å². The van der Waals surface area contributed by atoms with Gasteiger partial charge < -0.3 is 15.7 Å². The van der Waals surface area contributed by atoms with E-state index in [1.54, 1.807) is 25.7 Å². The van der Waals surface area contributed by atoms with Crippen LogP contribution < -0.4 is 10.6 Å². The molecule has 0 unspecified atom stereocenters. The number of carbonyl (C=O) groups is 3. The van der Waals surface area contributed by atoms with Crippen LogP contribution in [0.4, 0.5) is 11.4 Å². The van der Waals surface area contributed by atoms with E-state index in [1.807, 2.05) is 0 Å². The second kappa shape index (κ2) is 6.98. The molecule has 0 bridgehead atoms.